The number of ketones is 1. The zero-order valence-corrected chi connectivity index (χ0v) is 14.4. The van der Waals surface area contributed by atoms with Gasteiger partial charge in [0.05, 0.1) is 0 Å². The van der Waals surface area contributed by atoms with Gasteiger partial charge in [0.2, 0.25) is 0 Å². The minimum Gasteiger partial charge on any atom is -0.309 e. The highest BCUT2D eigenvalue weighted by molar-refractivity contribution is 6.35. The number of hydrogen-bond donors (Lipinski definition) is 0. The summed E-state index contributed by atoms with van der Waals surface area (Å²) in [4.78, 5) is 16.4. The van der Waals surface area contributed by atoms with Crippen molar-refractivity contribution in [2.24, 2.45) is 5.92 Å². The number of benzene rings is 1. The van der Waals surface area contributed by atoms with Crippen LogP contribution >= 0.6 is 23.2 Å². The van der Waals surface area contributed by atoms with Crippen molar-refractivity contribution < 1.29 is 4.79 Å². The van der Waals surface area contributed by atoms with Gasteiger partial charge in [0.1, 0.15) is 0 Å². The Bertz CT molecular complexity index is 503. The fourth-order valence-corrected chi connectivity index (χ4v) is 2.54. The van der Waals surface area contributed by atoms with E-state index in [9.17, 15) is 4.79 Å². The molecule has 0 fully saturated rings. The van der Waals surface area contributed by atoms with E-state index in [1.165, 1.54) is 0 Å². The first-order chi connectivity index (χ1) is 9.79. The summed E-state index contributed by atoms with van der Waals surface area (Å²) in [7, 11) is 7.87. The molecule has 1 aromatic rings. The lowest BCUT2D eigenvalue weighted by Crippen LogP contribution is -2.34. The van der Waals surface area contributed by atoms with Crippen LogP contribution in [0.4, 0.5) is 0 Å². The van der Waals surface area contributed by atoms with Gasteiger partial charge in [0, 0.05) is 29.1 Å². The second-order valence-corrected chi connectivity index (χ2v) is 6.47. The van der Waals surface area contributed by atoms with Crippen LogP contribution in [-0.2, 0) is 4.79 Å². The molecule has 0 radical (unpaired) electrons. The SMILES string of the molecule is CN(C)CC(CN(C)C)C(=O)/C=C\c1ccc(Cl)cc1Cl. The number of allylic oxidation sites excluding steroid dienone is 1. The molecule has 116 valence electrons. The predicted octanol–water partition coefficient (Wildman–Crippen LogP) is 3.32. The molecule has 3 nitrogen and oxygen atoms in total. The molecule has 1 rings (SSSR count). The summed E-state index contributed by atoms with van der Waals surface area (Å²) in [5.74, 6) is 0.0424. The molecule has 0 aromatic heterocycles. The molecule has 0 amide bonds. The molecule has 0 aliphatic heterocycles. The first-order valence-electron chi connectivity index (χ1n) is 6.76. The molecule has 21 heavy (non-hydrogen) atoms. The van der Waals surface area contributed by atoms with Gasteiger partial charge in [0.15, 0.2) is 5.78 Å². The van der Waals surface area contributed by atoms with Crippen LogP contribution in [0.25, 0.3) is 6.08 Å². The van der Waals surface area contributed by atoms with Gasteiger partial charge >= 0.3 is 0 Å². The number of nitrogens with zero attached hydrogens (tertiary/aromatic N) is 2. The van der Waals surface area contributed by atoms with E-state index in [1.807, 2.05) is 38.0 Å². The van der Waals surface area contributed by atoms with Gasteiger partial charge in [-0.3, -0.25) is 4.79 Å². The van der Waals surface area contributed by atoms with E-state index in [4.69, 9.17) is 23.2 Å². The molecule has 0 heterocycles. The number of rotatable bonds is 7. The molecule has 0 aliphatic rings. The quantitative estimate of drug-likeness (QED) is 0.717. The molecular weight excluding hydrogens is 307 g/mol. The van der Waals surface area contributed by atoms with Crippen molar-refractivity contribution in [1.82, 2.24) is 9.80 Å². The van der Waals surface area contributed by atoms with Crippen LogP contribution < -0.4 is 0 Å². The van der Waals surface area contributed by atoms with Gasteiger partial charge in [-0.05, 0) is 58.0 Å². The van der Waals surface area contributed by atoms with Crippen LogP contribution in [0.3, 0.4) is 0 Å². The van der Waals surface area contributed by atoms with Crippen LogP contribution in [-0.4, -0.2) is 56.9 Å². The topological polar surface area (TPSA) is 23.6 Å². The van der Waals surface area contributed by atoms with Crippen molar-refractivity contribution in [2.45, 2.75) is 0 Å². The average Bonchev–Trinajstić information content (AvgIpc) is 2.35. The van der Waals surface area contributed by atoms with Crippen LogP contribution in [0.15, 0.2) is 24.3 Å². The normalized spacial score (nSPS) is 12.0. The van der Waals surface area contributed by atoms with Gasteiger partial charge in [-0.1, -0.05) is 29.3 Å². The second-order valence-electron chi connectivity index (χ2n) is 5.62. The Hall–Kier alpha value is -0.870. The highest BCUT2D eigenvalue weighted by atomic mass is 35.5. The Balaban J connectivity index is 2.81. The smallest absolute Gasteiger partial charge is 0.161 e. The molecule has 5 heteroatoms. The molecular formula is C16H22Cl2N2O. The van der Waals surface area contributed by atoms with Crippen molar-refractivity contribution in [3.8, 4) is 0 Å². The number of carbonyl (C=O) groups excluding carboxylic acids is 1. The molecule has 0 unspecified atom stereocenters. The Morgan fingerprint density at radius 1 is 1.14 bits per heavy atom. The molecule has 1 aromatic carbocycles. The van der Waals surface area contributed by atoms with E-state index >= 15 is 0 Å². The number of halogens is 2. The Morgan fingerprint density at radius 3 is 2.19 bits per heavy atom. The maximum atomic E-state index is 12.4. The zero-order chi connectivity index (χ0) is 16.0. The van der Waals surface area contributed by atoms with E-state index in [2.05, 4.69) is 0 Å². The summed E-state index contributed by atoms with van der Waals surface area (Å²) in [5.41, 5.74) is 0.794. The fraction of sp³-hybridized carbons (Fsp3) is 0.438. The molecule has 0 saturated carbocycles. The van der Waals surface area contributed by atoms with E-state index in [0.717, 1.165) is 18.7 Å². The molecule has 0 atom stereocenters. The first kappa shape index (κ1) is 18.2. The Labute approximate surface area is 137 Å². The number of carbonyl (C=O) groups is 1. The van der Waals surface area contributed by atoms with E-state index < -0.39 is 0 Å². The summed E-state index contributed by atoms with van der Waals surface area (Å²) in [6.45, 7) is 1.44. The molecule has 0 aliphatic carbocycles. The third-order valence-electron chi connectivity index (χ3n) is 2.96. The van der Waals surface area contributed by atoms with Gasteiger partial charge in [-0.2, -0.15) is 0 Å². The summed E-state index contributed by atoms with van der Waals surface area (Å²) in [5, 5.41) is 1.13. The van der Waals surface area contributed by atoms with Crippen LogP contribution in [0.5, 0.6) is 0 Å². The lowest BCUT2D eigenvalue weighted by atomic mass is 10.0. The summed E-state index contributed by atoms with van der Waals surface area (Å²) >= 11 is 12.0. The summed E-state index contributed by atoms with van der Waals surface area (Å²) < 4.78 is 0. The summed E-state index contributed by atoms with van der Waals surface area (Å²) in [6.07, 6.45) is 3.35. The van der Waals surface area contributed by atoms with Gasteiger partial charge in [-0.25, -0.2) is 0 Å². The zero-order valence-electron chi connectivity index (χ0n) is 12.9. The molecule has 0 bridgehead atoms. The van der Waals surface area contributed by atoms with Crippen molar-refractivity contribution in [1.29, 1.82) is 0 Å². The molecule has 0 spiro atoms. The molecule has 0 saturated heterocycles. The van der Waals surface area contributed by atoms with Gasteiger partial charge < -0.3 is 9.80 Å². The first-order valence-corrected chi connectivity index (χ1v) is 7.51. The maximum absolute atomic E-state index is 12.4. The third kappa shape index (κ3) is 6.62. The second kappa shape index (κ2) is 8.54. The van der Waals surface area contributed by atoms with Crippen LogP contribution in [0, 0.1) is 5.92 Å². The van der Waals surface area contributed by atoms with Crippen LogP contribution in [0.1, 0.15) is 5.56 Å². The van der Waals surface area contributed by atoms with E-state index in [-0.39, 0.29) is 11.7 Å². The highest BCUT2D eigenvalue weighted by Gasteiger charge is 2.17. The maximum Gasteiger partial charge on any atom is 0.161 e. The highest BCUT2D eigenvalue weighted by Crippen LogP contribution is 2.22. The Morgan fingerprint density at radius 2 is 1.71 bits per heavy atom. The standard InChI is InChI=1S/C16H22Cl2N2O/c1-19(2)10-13(11-20(3)4)16(21)8-6-12-5-7-14(17)9-15(12)18/h5-9,13H,10-11H2,1-4H3/b8-6-. The van der Waals surface area contributed by atoms with Gasteiger partial charge in [-0.15, -0.1) is 0 Å². The third-order valence-corrected chi connectivity index (χ3v) is 3.53. The molecule has 0 N–H and O–H groups in total. The fourth-order valence-electron chi connectivity index (χ4n) is 2.06. The largest absolute Gasteiger partial charge is 0.309 e. The van der Waals surface area contributed by atoms with Crippen molar-refractivity contribution in [3.63, 3.8) is 0 Å². The lowest BCUT2D eigenvalue weighted by Gasteiger charge is -2.22. The average molecular weight is 329 g/mol. The van der Waals surface area contributed by atoms with Crippen molar-refractivity contribution in [2.75, 3.05) is 41.3 Å². The monoisotopic (exact) mass is 328 g/mol. The van der Waals surface area contributed by atoms with E-state index in [0.29, 0.717) is 10.0 Å². The van der Waals surface area contributed by atoms with Crippen molar-refractivity contribution in [3.05, 3.63) is 39.9 Å². The van der Waals surface area contributed by atoms with Gasteiger partial charge in [0.25, 0.3) is 0 Å². The predicted molar refractivity (Wildman–Crippen MR) is 91.1 cm³/mol. The van der Waals surface area contributed by atoms with Crippen LogP contribution in [0.2, 0.25) is 10.0 Å². The Kier molecular flexibility index (Phi) is 7.40. The minimum atomic E-state index is -0.0580. The van der Waals surface area contributed by atoms with Crippen molar-refractivity contribution >= 4 is 35.1 Å². The lowest BCUT2D eigenvalue weighted by molar-refractivity contribution is -0.119. The van der Waals surface area contributed by atoms with E-state index in [1.54, 1.807) is 30.4 Å². The number of hydrogen-bond acceptors (Lipinski definition) is 3. The summed E-state index contributed by atoms with van der Waals surface area (Å²) in [6, 6.07) is 5.24. The minimum absolute atomic E-state index is 0.0580.